The summed E-state index contributed by atoms with van der Waals surface area (Å²) in [7, 11) is 0. The summed E-state index contributed by atoms with van der Waals surface area (Å²) in [6.45, 7) is 3.87. The van der Waals surface area contributed by atoms with Crippen molar-refractivity contribution in [3.05, 3.63) is 55.7 Å². The second-order valence-corrected chi connectivity index (χ2v) is 7.65. The maximum Gasteiger partial charge on any atom is 0.354 e. The molecule has 24 heavy (non-hydrogen) atoms. The number of rotatable bonds is 4. The largest absolute Gasteiger partial charge is 0.477 e. The van der Waals surface area contributed by atoms with Gasteiger partial charge in [0.1, 0.15) is 5.82 Å². The molecule has 0 unspecified atom stereocenters. The van der Waals surface area contributed by atoms with E-state index in [1.54, 1.807) is 30.0 Å². The third-order valence-corrected chi connectivity index (χ3v) is 5.10. The van der Waals surface area contributed by atoms with Crippen LogP contribution in [0.15, 0.2) is 24.5 Å². The van der Waals surface area contributed by atoms with Gasteiger partial charge in [0.05, 0.1) is 20.9 Å². The number of hydrogen-bond donors (Lipinski definition) is 1. The molecule has 0 aliphatic rings. The number of pyridine rings is 1. The Balaban J connectivity index is 2.18. The molecule has 0 saturated heterocycles. The molecule has 3 aromatic heterocycles. The molecule has 0 bridgehead atoms. The lowest BCUT2D eigenvalue weighted by molar-refractivity contribution is 0.0685. The van der Waals surface area contributed by atoms with Gasteiger partial charge in [-0.25, -0.2) is 9.78 Å². The Morgan fingerprint density at radius 3 is 2.62 bits per heavy atom. The Hall–Kier alpha value is -1.89. The minimum absolute atomic E-state index is 0.130. The molecule has 3 heterocycles. The molecule has 1 N–H and O–H groups in total. The first-order chi connectivity index (χ1) is 11.4. The van der Waals surface area contributed by atoms with Gasteiger partial charge in [0, 0.05) is 23.5 Å². The fourth-order valence-electron chi connectivity index (χ4n) is 2.55. The Morgan fingerprint density at radius 2 is 2.04 bits per heavy atom. The SMILES string of the molecule is Cc1cncc(-c2nc(C)c(C(=O)O)n2Cc2cc(Cl)sc2Cl)c1. The lowest BCUT2D eigenvalue weighted by Gasteiger charge is -2.10. The van der Waals surface area contributed by atoms with Gasteiger partial charge in [-0.2, -0.15) is 0 Å². The van der Waals surface area contributed by atoms with E-state index in [9.17, 15) is 9.90 Å². The molecule has 3 rings (SSSR count). The van der Waals surface area contributed by atoms with Crippen LogP contribution < -0.4 is 0 Å². The summed E-state index contributed by atoms with van der Waals surface area (Å²) < 4.78 is 2.73. The van der Waals surface area contributed by atoms with E-state index < -0.39 is 5.97 Å². The number of halogens is 2. The van der Waals surface area contributed by atoms with Crippen molar-refractivity contribution >= 4 is 40.5 Å². The van der Waals surface area contributed by atoms with Crippen molar-refractivity contribution in [2.75, 3.05) is 0 Å². The van der Waals surface area contributed by atoms with Crippen molar-refractivity contribution in [3.8, 4) is 11.4 Å². The van der Waals surface area contributed by atoms with Crippen molar-refractivity contribution < 1.29 is 9.90 Å². The standard InChI is InChI=1S/C16H13Cl2N3O2S/c1-8-3-10(6-19-5-8)15-20-9(2)13(16(22)23)21(15)7-11-4-12(17)24-14(11)18/h3-6H,7H2,1-2H3,(H,22,23). The zero-order valence-electron chi connectivity index (χ0n) is 12.9. The third-order valence-electron chi connectivity index (χ3n) is 3.53. The predicted octanol–water partition coefficient (Wildman–Crippen LogP) is 4.68. The molecule has 0 amide bonds. The zero-order chi connectivity index (χ0) is 17.4. The second kappa shape index (κ2) is 6.55. The van der Waals surface area contributed by atoms with Gasteiger partial charge in [-0.3, -0.25) is 4.98 Å². The molecular formula is C16H13Cl2N3O2S. The van der Waals surface area contributed by atoms with Crippen LogP contribution in [0.1, 0.15) is 27.3 Å². The predicted molar refractivity (Wildman–Crippen MR) is 95.3 cm³/mol. The van der Waals surface area contributed by atoms with E-state index in [0.29, 0.717) is 20.2 Å². The molecule has 0 saturated carbocycles. The van der Waals surface area contributed by atoms with Crippen molar-refractivity contribution in [1.82, 2.24) is 14.5 Å². The van der Waals surface area contributed by atoms with E-state index in [-0.39, 0.29) is 12.2 Å². The van der Waals surface area contributed by atoms with E-state index >= 15 is 0 Å². The maximum atomic E-state index is 11.7. The fraction of sp³-hybridized carbons (Fsp3) is 0.188. The molecule has 0 aliphatic heterocycles. The van der Waals surface area contributed by atoms with Crippen LogP contribution in [0.4, 0.5) is 0 Å². The van der Waals surface area contributed by atoms with Crippen LogP contribution in [0.25, 0.3) is 11.4 Å². The highest BCUT2D eigenvalue weighted by atomic mass is 35.5. The number of carboxylic acid groups (broad SMARTS) is 1. The normalized spacial score (nSPS) is 11.0. The molecular weight excluding hydrogens is 369 g/mol. The van der Waals surface area contributed by atoms with E-state index in [0.717, 1.165) is 16.7 Å². The Morgan fingerprint density at radius 1 is 1.29 bits per heavy atom. The van der Waals surface area contributed by atoms with Gasteiger partial charge in [-0.1, -0.05) is 23.2 Å². The van der Waals surface area contributed by atoms with Gasteiger partial charge < -0.3 is 9.67 Å². The van der Waals surface area contributed by atoms with Crippen LogP contribution in [-0.2, 0) is 6.54 Å². The minimum atomic E-state index is -1.04. The van der Waals surface area contributed by atoms with Crippen molar-refractivity contribution in [2.45, 2.75) is 20.4 Å². The number of carboxylic acids is 1. The van der Waals surface area contributed by atoms with E-state index in [1.165, 1.54) is 11.3 Å². The molecule has 3 aromatic rings. The maximum absolute atomic E-state index is 11.7. The first-order valence-electron chi connectivity index (χ1n) is 7.03. The van der Waals surface area contributed by atoms with Crippen LogP contribution in [0, 0.1) is 13.8 Å². The highest BCUT2D eigenvalue weighted by Crippen LogP contribution is 2.33. The minimum Gasteiger partial charge on any atom is -0.477 e. The summed E-state index contributed by atoms with van der Waals surface area (Å²) in [5.74, 6) is -0.496. The second-order valence-electron chi connectivity index (χ2n) is 5.36. The number of aromatic carboxylic acids is 1. The van der Waals surface area contributed by atoms with E-state index in [1.807, 2.05) is 13.0 Å². The van der Waals surface area contributed by atoms with Crippen molar-refractivity contribution in [3.63, 3.8) is 0 Å². The van der Waals surface area contributed by atoms with Gasteiger partial charge in [-0.15, -0.1) is 11.3 Å². The average Bonchev–Trinajstić information content (AvgIpc) is 2.99. The van der Waals surface area contributed by atoms with Crippen LogP contribution in [0.5, 0.6) is 0 Å². The number of imidazole rings is 1. The topological polar surface area (TPSA) is 68.0 Å². The quantitative estimate of drug-likeness (QED) is 0.712. The fourth-order valence-corrected chi connectivity index (χ4v) is 4.02. The lowest BCUT2D eigenvalue weighted by atomic mass is 10.2. The average molecular weight is 382 g/mol. The highest BCUT2D eigenvalue weighted by Gasteiger charge is 2.22. The molecule has 0 aromatic carbocycles. The summed E-state index contributed by atoms with van der Waals surface area (Å²) in [5.41, 5.74) is 3.05. The molecule has 0 atom stereocenters. The molecule has 0 spiro atoms. The van der Waals surface area contributed by atoms with Crippen LogP contribution in [0.2, 0.25) is 8.67 Å². The number of aryl methyl sites for hydroxylation is 2. The number of nitrogens with zero attached hydrogens (tertiary/aromatic N) is 3. The summed E-state index contributed by atoms with van der Waals surface area (Å²) in [6, 6.07) is 3.66. The Kier molecular flexibility index (Phi) is 4.62. The van der Waals surface area contributed by atoms with Gasteiger partial charge in [0.2, 0.25) is 0 Å². The summed E-state index contributed by atoms with van der Waals surface area (Å²) in [5, 5.41) is 9.58. The first-order valence-corrected chi connectivity index (χ1v) is 8.60. The molecule has 0 aliphatic carbocycles. The summed E-state index contributed by atoms with van der Waals surface area (Å²) in [6.07, 6.45) is 3.40. The van der Waals surface area contributed by atoms with Crippen LogP contribution in [0.3, 0.4) is 0 Å². The zero-order valence-corrected chi connectivity index (χ0v) is 15.2. The van der Waals surface area contributed by atoms with Gasteiger partial charge >= 0.3 is 5.97 Å². The molecule has 8 heteroatoms. The van der Waals surface area contributed by atoms with Gasteiger partial charge in [-0.05, 0) is 31.5 Å². The number of hydrogen-bond acceptors (Lipinski definition) is 4. The van der Waals surface area contributed by atoms with Crippen molar-refractivity contribution in [2.24, 2.45) is 0 Å². The molecule has 5 nitrogen and oxygen atoms in total. The van der Waals surface area contributed by atoms with Crippen LogP contribution in [-0.4, -0.2) is 25.6 Å². The Bertz CT molecular complexity index is 934. The van der Waals surface area contributed by atoms with Crippen molar-refractivity contribution in [1.29, 1.82) is 0 Å². The number of aromatic nitrogens is 3. The number of carbonyl (C=O) groups is 1. The molecule has 124 valence electrons. The van der Waals surface area contributed by atoms with E-state index in [4.69, 9.17) is 23.2 Å². The van der Waals surface area contributed by atoms with Gasteiger partial charge in [0.15, 0.2) is 5.69 Å². The Labute approximate surface area is 152 Å². The highest BCUT2D eigenvalue weighted by molar-refractivity contribution is 7.20. The summed E-state index contributed by atoms with van der Waals surface area (Å²) >= 11 is 13.4. The smallest absolute Gasteiger partial charge is 0.354 e. The summed E-state index contributed by atoms with van der Waals surface area (Å²) in [4.78, 5) is 20.3. The van der Waals surface area contributed by atoms with Gasteiger partial charge in [0.25, 0.3) is 0 Å². The lowest BCUT2D eigenvalue weighted by Crippen LogP contribution is -2.11. The third kappa shape index (κ3) is 3.17. The van der Waals surface area contributed by atoms with E-state index in [2.05, 4.69) is 9.97 Å². The molecule has 0 radical (unpaired) electrons. The number of thiophene rings is 1. The molecule has 0 fully saturated rings. The monoisotopic (exact) mass is 381 g/mol. The van der Waals surface area contributed by atoms with Crippen LogP contribution >= 0.6 is 34.5 Å². The first kappa shape index (κ1) is 17.0.